The summed E-state index contributed by atoms with van der Waals surface area (Å²) >= 11 is 3.48. The minimum Gasteiger partial charge on any atom is -0.382 e. The largest absolute Gasteiger partial charge is 0.382 e. The molecule has 8 heteroatoms. The molecule has 1 aliphatic carbocycles. The van der Waals surface area contributed by atoms with Gasteiger partial charge in [-0.15, -0.1) is 11.8 Å². The molecule has 33 heavy (non-hydrogen) atoms. The van der Waals surface area contributed by atoms with E-state index in [0.29, 0.717) is 11.8 Å². The van der Waals surface area contributed by atoms with Crippen molar-refractivity contribution in [3.05, 3.63) is 30.3 Å². The van der Waals surface area contributed by atoms with Crippen molar-refractivity contribution < 1.29 is 9.59 Å². The summed E-state index contributed by atoms with van der Waals surface area (Å²) in [5.74, 6) is 3.21. The number of piperidine rings is 1. The van der Waals surface area contributed by atoms with Gasteiger partial charge in [0.15, 0.2) is 0 Å². The fraction of sp³-hybridized carbons (Fsp3) is 0.680. The fourth-order valence-corrected chi connectivity index (χ4v) is 6.20. The Morgan fingerprint density at radius 3 is 2.48 bits per heavy atom. The van der Waals surface area contributed by atoms with Crippen LogP contribution in [-0.2, 0) is 9.59 Å². The number of carbonyl (C=O) groups excluding carboxylic acids is 2. The summed E-state index contributed by atoms with van der Waals surface area (Å²) in [4.78, 5) is 27.8. The number of carbonyl (C=O) groups is 2. The van der Waals surface area contributed by atoms with Crippen molar-refractivity contribution in [2.45, 2.75) is 57.0 Å². The number of para-hydroxylation sites is 1. The minimum absolute atomic E-state index is 0.0718. The Bertz CT molecular complexity index is 708. The van der Waals surface area contributed by atoms with Crippen LogP contribution in [0.3, 0.4) is 0 Å². The van der Waals surface area contributed by atoms with Crippen molar-refractivity contribution in [2.75, 3.05) is 48.6 Å². The summed E-state index contributed by atoms with van der Waals surface area (Å²) < 4.78 is 0. The standard InChI is InChI=1S/C25H40N4O2S2/c1-32-19-26-16-24(30)28-23(18-33-17-20-8-4-2-5-9-20)25(31)29-14-12-22(13-15-29)27-21-10-6-3-7-11-21/h3,6-7,10-11,20,22-23,26-27H,2,4-5,8-9,12-19H2,1H3,(H,28,30). The highest BCUT2D eigenvalue weighted by Gasteiger charge is 2.29. The number of nitrogens with zero attached hydrogens (tertiary/aromatic N) is 1. The first-order valence-electron chi connectivity index (χ1n) is 12.3. The van der Waals surface area contributed by atoms with Crippen LogP contribution in [0, 0.1) is 5.92 Å². The highest BCUT2D eigenvalue weighted by atomic mass is 32.2. The summed E-state index contributed by atoms with van der Waals surface area (Å²) in [6.45, 7) is 1.71. The highest BCUT2D eigenvalue weighted by Crippen LogP contribution is 2.27. The second kappa shape index (κ2) is 14.8. The molecule has 2 fully saturated rings. The van der Waals surface area contributed by atoms with E-state index >= 15 is 0 Å². The van der Waals surface area contributed by atoms with Gasteiger partial charge in [-0.1, -0.05) is 37.5 Å². The summed E-state index contributed by atoms with van der Waals surface area (Å²) in [5, 5.41) is 9.71. The summed E-state index contributed by atoms with van der Waals surface area (Å²) in [6, 6.07) is 10.2. The second-order valence-electron chi connectivity index (χ2n) is 9.13. The van der Waals surface area contributed by atoms with Crippen LogP contribution in [0.15, 0.2) is 30.3 Å². The van der Waals surface area contributed by atoms with E-state index in [1.165, 1.54) is 32.1 Å². The number of likely N-dealkylation sites (tertiary alicyclic amines) is 1. The van der Waals surface area contributed by atoms with Crippen molar-refractivity contribution in [3.8, 4) is 0 Å². The number of benzene rings is 1. The van der Waals surface area contributed by atoms with E-state index in [-0.39, 0.29) is 18.4 Å². The lowest BCUT2D eigenvalue weighted by atomic mass is 9.91. The van der Waals surface area contributed by atoms with Crippen LogP contribution in [0.25, 0.3) is 0 Å². The fourth-order valence-electron chi connectivity index (χ4n) is 4.63. The molecule has 2 amide bonds. The lowest BCUT2D eigenvalue weighted by Gasteiger charge is -2.35. The van der Waals surface area contributed by atoms with E-state index < -0.39 is 6.04 Å². The molecule has 6 nitrogen and oxygen atoms in total. The maximum atomic E-state index is 13.4. The van der Waals surface area contributed by atoms with E-state index in [0.717, 1.165) is 49.2 Å². The molecule has 1 aromatic carbocycles. The van der Waals surface area contributed by atoms with Crippen molar-refractivity contribution in [1.29, 1.82) is 0 Å². The number of amides is 2. The van der Waals surface area contributed by atoms with Gasteiger partial charge in [0.05, 0.1) is 6.54 Å². The van der Waals surface area contributed by atoms with E-state index in [1.807, 2.05) is 41.1 Å². The van der Waals surface area contributed by atoms with Crippen molar-refractivity contribution >= 4 is 41.0 Å². The average molecular weight is 493 g/mol. The van der Waals surface area contributed by atoms with Gasteiger partial charge in [-0.2, -0.15) is 11.8 Å². The molecule has 1 saturated carbocycles. The molecule has 0 bridgehead atoms. The van der Waals surface area contributed by atoms with Gasteiger partial charge in [-0.3, -0.25) is 14.9 Å². The van der Waals surface area contributed by atoms with E-state index in [2.05, 4.69) is 28.1 Å². The molecule has 1 aliphatic heterocycles. The topological polar surface area (TPSA) is 73.5 Å². The predicted molar refractivity (Wildman–Crippen MR) is 142 cm³/mol. The molecule has 3 rings (SSSR count). The average Bonchev–Trinajstić information content (AvgIpc) is 2.85. The quantitative estimate of drug-likeness (QED) is 0.305. The molecule has 184 valence electrons. The smallest absolute Gasteiger partial charge is 0.246 e. The van der Waals surface area contributed by atoms with E-state index in [4.69, 9.17) is 0 Å². The number of rotatable bonds is 12. The Labute approximate surface area is 207 Å². The van der Waals surface area contributed by atoms with E-state index in [1.54, 1.807) is 11.8 Å². The molecular formula is C25H40N4O2S2. The Balaban J connectivity index is 1.49. The SMILES string of the molecule is CSCNCC(=O)NC(CSCC1CCCCC1)C(=O)N1CCC(Nc2ccccc2)CC1. The molecule has 1 unspecified atom stereocenters. The molecule has 0 aromatic heterocycles. The maximum Gasteiger partial charge on any atom is 0.246 e. The van der Waals surface area contributed by atoms with Gasteiger partial charge in [0, 0.05) is 36.4 Å². The molecule has 3 N–H and O–H groups in total. The third-order valence-corrected chi connectivity index (χ3v) is 8.25. The zero-order valence-corrected chi connectivity index (χ0v) is 21.5. The first kappa shape index (κ1) is 26.2. The van der Waals surface area contributed by atoms with Crippen molar-refractivity contribution in [3.63, 3.8) is 0 Å². The monoisotopic (exact) mass is 492 g/mol. The second-order valence-corrected chi connectivity index (χ2v) is 11.1. The normalized spacial score (nSPS) is 18.6. The Kier molecular flexibility index (Phi) is 11.8. The van der Waals surface area contributed by atoms with Crippen LogP contribution < -0.4 is 16.0 Å². The lowest BCUT2D eigenvalue weighted by molar-refractivity contribution is -0.136. The van der Waals surface area contributed by atoms with Crippen LogP contribution in [0.2, 0.25) is 0 Å². The van der Waals surface area contributed by atoms with Crippen LogP contribution >= 0.6 is 23.5 Å². The van der Waals surface area contributed by atoms with Gasteiger partial charge in [0.1, 0.15) is 6.04 Å². The van der Waals surface area contributed by atoms with E-state index in [9.17, 15) is 9.59 Å². The Morgan fingerprint density at radius 2 is 1.79 bits per heavy atom. The molecule has 1 saturated heterocycles. The first-order chi connectivity index (χ1) is 16.2. The predicted octanol–water partition coefficient (Wildman–Crippen LogP) is 3.80. The lowest BCUT2D eigenvalue weighted by Crippen LogP contribution is -2.54. The molecule has 2 aliphatic rings. The zero-order valence-electron chi connectivity index (χ0n) is 19.9. The van der Waals surface area contributed by atoms with Crippen molar-refractivity contribution in [1.82, 2.24) is 15.5 Å². The molecule has 0 radical (unpaired) electrons. The van der Waals surface area contributed by atoms with Gasteiger partial charge in [-0.25, -0.2) is 0 Å². The first-order valence-corrected chi connectivity index (χ1v) is 14.9. The molecular weight excluding hydrogens is 452 g/mol. The van der Waals surface area contributed by atoms with Crippen molar-refractivity contribution in [2.24, 2.45) is 5.92 Å². The number of hydrogen-bond acceptors (Lipinski definition) is 6. The van der Waals surface area contributed by atoms with Gasteiger partial charge >= 0.3 is 0 Å². The van der Waals surface area contributed by atoms with Crippen LogP contribution in [0.5, 0.6) is 0 Å². The van der Waals surface area contributed by atoms with Gasteiger partial charge in [0.2, 0.25) is 11.8 Å². The number of thioether (sulfide) groups is 2. The number of anilines is 1. The summed E-state index contributed by atoms with van der Waals surface area (Å²) in [6.07, 6.45) is 10.5. The zero-order chi connectivity index (χ0) is 23.3. The Morgan fingerprint density at radius 1 is 1.06 bits per heavy atom. The molecule has 1 aromatic rings. The maximum absolute atomic E-state index is 13.4. The third-order valence-electron chi connectivity index (χ3n) is 6.48. The van der Waals surface area contributed by atoms with Gasteiger partial charge < -0.3 is 15.5 Å². The summed E-state index contributed by atoms with van der Waals surface area (Å²) in [5.41, 5.74) is 1.13. The molecule has 0 spiro atoms. The number of nitrogens with one attached hydrogen (secondary N) is 3. The van der Waals surface area contributed by atoms with Gasteiger partial charge in [0.25, 0.3) is 0 Å². The molecule has 1 atom stereocenters. The van der Waals surface area contributed by atoms with Crippen LogP contribution in [0.1, 0.15) is 44.9 Å². The van der Waals surface area contributed by atoms with Crippen LogP contribution in [0.4, 0.5) is 5.69 Å². The third kappa shape index (κ3) is 9.41. The van der Waals surface area contributed by atoms with Crippen LogP contribution in [-0.4, -0.2) is 72.1 Å². The molecule has 1 heterocycles. The Hall–Kier alpha value is -1.38. The minimum atomic E-state index is -0.444. The van der Waals surface area contributed by atoms with Gasteiger partial charge in [-0.05, 0) is 55.7 Å². The summed E-state index contributed by atoms with van der Waals surface area (Å²) in [7, 11) is 0. The number of hydrogen-bond donors (Lipinski definition) is 3. The highest BCUT2D eigenvalue weighted by molar-refractivity contribution is 7.99.